The largest absolute Gasteiger partial charge is 0.418 e. The first kappa shape index (κ1) is 19.4. The van der Waals surface area contributed by atoms with Crippen molar-refractivity contribution >= 4 is 28.9 Å². The first-order valence-corrected chi connectivity index (χ1v) is 9.64. The summed E-state index contributed by atoms with van der Waals surface area (Å²) in [5.41, 5.74) is 3.05. The van der Waals surface area contributed by atoms with Gasteiger partial charge in [-0.25, -0.2) is 4.39 Å². The molecular weight excluding hydrogens is 412 g/mol. The summed E-state index contributed by atoms with van der Waals surface area (Å²) in [7, 11) is 0. The molecule has 1 N–H and O–H groups in total. The van der Waals surface area contributed by atoms with E-state index in [1.54, 1.807) is 6.07 Å². The van der Waals surface area contributed by atoms with Gasteiger partial charge in [-0.1, -0.05) is 53.5 Å². The molecule has 0 aliphatic carbocycles. The molecule has 0 saturated heterocycles. The van der Waals surface area contributed by atoms with E-state index < -0.39 is 11.9 Å². The predicted octanol–water partition coefficient (Wildman–Crippen LogP) is 6.69. The van der Waals surface area contributed by atoms with Crippen LogP contribution in [0.15, 0.2) is 71.1 Å². The number of nitrogens with zero attached hydrogens (tertiary/aromatic N) is 2. The second-order valence-corrected chi connectivity index (χ2v) is 7.28. The standard InChI is InChI=1S/C22H16Cl2FN3O/c1-13-17(23)8-5-9-19(13)26-20(16-11-10-15(25)12-18(16)24)22-28-27-21(29-22)14-6-3-2-4-7-14/h2-12,20,26H,1H3/t20-/m1/s1. The van der Waals surface area contributed by atoms with E-state index in [2.05, 4.69) is 15.5 Å². The summed E-state index contributed by atoms with van der Waals surface area (Å²) in [5, 5.41) is 12.6. The Morgan fingerprint density at radius 2 is 1.72 bits per heavy atom. The molecule has 0 bridgehead atoms. The lowest BCUT2D eigenvalue weighted by molar-refractivity contribution is 0.493. The summed E-state index contributed by atoms with van der Waals surface area (Å²) in [5.74, 6) is 0.261. The molecule has 0 aliphatic heterocycles. The van der Waals surface area contributed by atoms with Crippen molar-refractivity contribution in [2.24, 2.45) is 0 Å². The molecule has 4 nitrogen and oxygen atoms in total. The lowest BCUT2D eigenvalue weighted by atomic mass is 10.1. The number of nitrogens with one attached hydrogen (secondary N) is 1. The maximum absolute atomic E-state index is 13.6. The van der Waals surface area contributed by atoms with Crippen LogP contribution in [0.3, 0.4) is 0 Å². The van der Waals surface area contributed by atoms with Crippen LogP contribution in [0.25, 0.3) is 11.5 Å². The minimum absolute atomic E-state index is 0.252. The molecule has 1 atom stereocenters. The average molecular weight is 428 g/mol. The van der Waals surface area contributed by atoms with E-state index in [0.29, 0.717) is 22.4 Å². The van der Waals surface area contributed by atoms with E-state index in [9.17, 15) is 4.39 Å². The molecule has 0 aliphatic rings. The van der Waals surface area contributed by atoms with Crippen LogP contribution in [0.2, 0.25) is 10.0 Å². The Morgan fingerprint density at radius 3 is 2.48 bits per heavy atom. The molecule has 0 spiro atoms. The van der Waals surface area contributed by atoms with Crippen molar-refractivity contribution in [1.82, 2.24) is 10.2 Å². The molecular formula is C22H16Cl2FN3O. The SMILES string of the molecule is Cc1c(Cl)cccc1N[C@@H](c1nnc(-c2ccccc2)o1)c1ccc(F)cc1Cl. The zero-order valence-electron chi connectivity index (χ0n) is 15.4. The van der Waals surface area contributed by atoms with Crippen LogP contribution in [0, 0.1) is 12.7 Å². The van der Waals surface area contributed by atoms with Crippen LogP contribution in [-0.4, -0.2) is 10.2 Å². The Balaban J connectivity index is 1.78. The first-order valence-electron chi connectivity index (χ1n) is 8.88. The number of rotatable bonds is 5. The van der Waals surface area contributed by atoms with Crippen LogP contribution in [0.4, 0.5) is 10.1 Å². The second-order valence-electron chi connectivity index (χ2n) is 6.47. The molecule has 0 saturated carbocycles. The lowest BCUT2D eigenvalue weighted by Gasteiger charge is -2.20. The van der Waals surface area contributed by atoms with Gasteiger partial charge in [-0.05, 0) is 48.9 Å². The third-order valence-corrected chi connectivity index (χ3v) is 5.29. The third-order valence-electron chi connectivity index (χ3n) is 4.55. The normalized spacial score (nSPS) is 12.0. The topological polar surface area (TPSA) is 51.0 Å². The molecule has 4 rings (SSSR count). The maximum atomic E-state index is 13.6. The quantitative estimate of drug-likeness (QED) is 0.385. The number of benzene rings is 3. The highest BCUT2D eigenvalue weighted by molar-refractivity contribution is 6.32. The highest BCUT2D eigenvalue weighted by Crippen LogP contribution is 2.34. The zero-order valence-corrected chi connectivity index (χ0v) is 16.9. The monoisotopic (exact) mass is 427 g/mol. The van der Waals surface area contributed by atoms with Gasteiger partial charge in [0.2, 0.25) is 11.8 Å². The number of hydrogen-bond acceptors (Lipinski definition) is 4. The molecule has 1 aromatic heterocycles. The molecule has 7 heteroatoms. The summed E-state index contributed by atoms with van der Waals surface area (Å²) in [6.07, 6.45) is 0. The van der Waals surface area contributed by atoms with E-state index >= 15 is 0 Å². The van der Waals surface area contributed by atoms with Crippen LogP contribution >= 0.6 is 23.2 Å². The van der Waals surface area contributed by atoms with E-state index in [-0.39, 0.29) is 5.02 Å². The van der Waals surface area contributed by atoms with Gasteiger partial charge in [-0.15, -0.1) is 10.2 Å². The minimum Gasteiger partial charge on any atom is -0.418 e. The van der Waals surface area contributed by atoms with Gasteiger partial charge in [-0.2, -0.15) is 0 Å². The van der Waals surface area contributed by atoms with Gasteiger partial charge in [-0.3, -0.25) is 0 Å². The van der Waals surface area contributed by atoms with Crippen molar-refractivity contribution < 1.29 is 8.81 Å². The van der Waals surface area contributed by atoms with E-state index in [0.717, 1.165) is 16.8 Å². The maximum Gasteiger partial charge on any atom is 0.247 e. The van der Waals surface area contributed by atoms with E-state index in [4.69, 9.17) is 27.6 Å². The van der Waals surface area contributed by atoms with Crippen molar-refractivity contribution in [3.05, 3.63) is 99.6 Å². The van der Waals surface area contributed by atoms with E-state index in [1.807, 2.05) is 55.5 Å². The second kappa shape index (κ2) is 8.23. The van der Waals surface area contributed by atoms with Gasteiger partial charge in [0.05, 0.1) is 0 Å². The summed E-state index contributed by atoms with van der Waals surface area (Å²) < 4.78 is 19.6. The predicted molar refractivity (Wildman–Crippen MR) is 113 cm³/mol. The Kier molecular flexibility index (Phi) is 5.51. The average Bonchev–Trinajstić information content (AvgIpc) is 3.20. The van der Waals surface area contributed by atoms with Gasteiger partial charge in [0.1, 0.15) is 11.9 Å². The summed E-state index contributed by atoms with van der Waals surface area (Å²) in [4.78, 5) is 0. The highest BCUT2D eigenvalue weighted by Gasteiger charge is 2.25. The molecule has 0 unspecified atom stereocenters. The van der Waals surface area contributed by atoms with Gasteiger partial charge >= 0.3 is 0 Å². The highest BCUT2D eigenvalue weighted by atomic mass is 35.5. The van der Waals surface area contributed by atoms with Crippen molar-refractivity contribution in [2.45, 2.75) is 13.0 Å². The van der Waals surface area contributed by atoms with Gasteiger partial charge in [0.25, 0.3) is 0 Å². The van der Waals surface area contributed by atoms with Gasteiger partial charge in [0, 0.05) is 26.9 Å². The number of halogens is 3. The molecule has 1 heterocycles. The van der Waals surface area contributed by atoms with Gasteiger partial charge in [0.15, 0.2) is 0 Å². The molecule has 4 aromatic rings. The molecule has 0 fully saturated rings. The van der Waals surface area contributed by atoms with Crippen LogP contribution in [0.5, 0.6) is 0 Å². The fourth-order valence-corrected chi connectivity index (χ4v) is 3.43. The van der Waals surface area contributed by atoms with Crippen LogP contribution in [0.1, 0.15) is 23.1 Å². The van der Waals surface area contributed by atoms with Crippen molar-refractivity contribution in [1.29, 1.82) is 0 Å². The molecule has 3 aromatic carbocycles. The van der Waals surface area contributed by atoms with Gasteiger partial charge < -0.3 is 9.73 Å². The summed E-state index contributed by atoms with van der Waals surface area (Å²) in [6.45, 7) is 1.90. The third kappa shape index (κ3) is 4.11. The molecule has 0 radical (unpaired) electrons. The fourth-order valence-electron chi connectivity index (χ4n) is 2.98. The number of hydrogen-bond donors (Lipinski definition) is 1. The summed E-state index contributed by atoms with van der Waals surface area (Å²) in [6, 6.07) is 18.6. The van der Waals surface area contributed by atoms with Crippen molar-refractivity contribution in [2.75, 3.05) is 5.32 Å². The smallest absolute Gasteiger partial charge is 0.247 e. The van der Waals surface area contributed by atoms with Crippen molar-refractivity contribution in [3.8, 4) is 11.5 Å². The molecule has 0 amide bonds. The Morgan fingerprint density at radius 1 is 0.931 bits per heavy atom. The zero-order chi connectivity index (χ0) is 20.4. The van der Waals surface area contributed by atoms with Crippen LogP contribution in [-0.2, 0) is 0 Å². The van der Waals surface area contributed by atoms with Crippen molar-refractivity contribution in [3.63, 3.8) is 0 Å². The first-order chi connectivity index (χ1) is 14.0. The Hall–Kier alpha value is -2.89. The number of aromatic nitrogens is 2. The van der Waals surface area contributed by atoms with Crippen LogP contribution < -0.4 is 5.32 Å². The fraction of sp³-hybridized carbons (Fsp3) is 0.0909. The molecule has 146 valence electrons. The Labute approximate surface area is 177 Å². The number of anilines is 1. The Bertz CT molecular complexity index is 1150. The lowest BCUT2D eigenvalue weighted by Crippen LogP contribution is -2.14. The summed E-state index contributed by atoms with van der Waals surface area (Å²) >= 11 is 12.6. The minimum atomic E-state index is -0.592. The van der Waals surface area contributed by atoms with E-state index in [1.165, 1.54) is 12.1 Å². The molecule has 29 heavy (non-hydrogen) atoms.